The number of nitrogens with one attached hydrogen (secondary N) is 1. The predicted molar refractivity (Wildman–Crippen MR) is 49.9 cm³/mol. The summed E-state index contributed by atoms with van der Waals surface area (Å²) < 4.78 is 19.2. The largest absolute Gasteiger partial charge is 0.593 e. The van der Waals surface area contributed by atoms with Crippen molar-refractivity contribution in [1.29, 1.82) is 0 Å². The van der Waals surface area contributed by atoms with Crippen LogP contribution < -0.4 is 4.72 Å². The van der Waals surface area contributed by atoms with E-state index in [0.717, 1.165) is 13.0 Å². The molecule has 1 heterocycles. The summed E-state index contributed by atoms with van der Waals surface area (Å²) in [6, 6.07) is 0. The lowest BCUT2D eigenvalue weighted by Crippen LogP contribution is -2.27. The zero-order chi connectivity index (χ0) is 8.97. The minimum Gasteiger partial charge on any atom is -0.593 e. The summed E-state index contributed by atoms with van der Waals surface area (Å²) in [4.78, 5) is 0. The first kappa shape index (κ1) is 9.89. The number of rotatable bonds is 3. The maximum atomic E-state index is 11.2. The molecule has 1 aliphatic heterocycles. The van der Waals surface area contributed by atoms with Crippen molar-refractivity contribution < 1.29 is 9.29 Å². The van der Waals surface area contributed by atoms with E-state index in [4.69, 9.17) is 4.74 Å². The molecule has 1 aliphatic rings. The van der Waals surface area contributed by atoms with Gasteiger partial charge in [0.15, 0.2) is 0 Å². The zero-order valence-corrected chi connectivity index (χ0v) is 8.32. The highest BCUT2D eigenvalue weighted by molar-refractivity contribution is 7.90. The molecule has 0 bridgehead atoms. The van der Waals surface area contributed by atoms with Crippen LogP contribution in [-0.4, -0.2) is 23.0 Å². The summed E-state index contributed by atoms with van der Waals surface area (Å²) >= 11 is -0.950. The molecule has 1 saturated heterocycles. The second-order valence-corrected chi connectivity index (χ2v) is 4.84. The topological polar surface area (TPSA) is 44.3 Å². The molecule has 70 valence electrons. The van der Waals surface area contributed by atoms with E-state index in [0.29, 0.717) is 6.61 Å². The van der Waals surface area contributed by atoms with E-state index in [-0.39, 0.29) is 5.25 Å². The Balaban J connectivity index is 2.27. The molecule has 0 spiro atoms. The van der Waals surface area contributed by atoms with Crippen molar-refractivity contribution in [2.24, 2.45) is 0 Å². The van der Waals surface area contributed by atoms with Crippen LogP contribution in [-0.2, 0) is 16.1 Å². The molecule has 1 unspecified atom stereocenters. The van der Waals surface area contributed by atoms with E-state index in [1.54, 1.807) is 0 Å². The Hall–Kier alpha value is -0.190. The van der Waals surface area contributed by atoms with Crippen molar-refractivity contribution >= 4 is 11.4 Å². The van der Waals surface area contributed by atoms with Gasteiger partial charge in [-0.1, -0.05) is 0 Å². The molecule has 1 fully saturated rings. The quantitative estimate of drug-likeness (QED) is 0.672. The highest BCUT2D eigenvalue weighted by atomic mass is 32.2. The molecule has 0 aliphatic carbocycles. The Labute approximate surface area is 76.5 Å². The normalized spacial score (nSPS) is 23.5. The van der Waals surface area contributed by atoms with Crippen LogP contribution in [0.15, 0.2) is 11.8 Å². The molecule has 0 aromatic carbocycles. The average molecular weight is 189 g/mol. The van der Waals surface area contributed by atoms with Gasteiger partial charge in [0, 0.05) is 6.20 Å². The number of hydrogen-bond donors (Lipinski definition) is 1. The summed E-state index contributed by atoms with van der Waals surface area (Å²) in [6.07, 6.45) is 2.78. The molecule has 0 saturated carbocycles. The Bertz CT molecular complexity index is 162. The van der Waals surface area contributed by atoms with Gasteiger partial charge in [0.2, 0.25) is 0 Å². The molecule has 0 radical (unpaired) electrons. The Morgan fingerprint density at radius 2 is 2.42 bits per heavy atom. The van der Waals surface area contributed by atoms with Gasteiger partial charge in [-0.25, -0.2) is 4.72 Å². The molecule has 0 amide bonds. The second-order valence-electron chi connectivity index (χ2n) is 3.07. The van der Waals surface area contributed by atoms with Crippen LogP contribution >= 0.6 is 0 Å². The third-order valence-corrected chi connectivity index (χ3v) is 2.87. The minimum atomic E-state index is -0.950. The van der Waals surface area contributed by atoms with Crippen LogP contribution in [0.3, 0.4) is 0 Å². The maximum Gasteiger partial charge on any atom is 0.135 e. The van der Waals surface area contributed by atoms with Crippen LogP contribution in [0.4, 0.5) is 0 Å². The smallest absolute Gasteiger partial charge is 0.135 e. The van der Waals surface area contributed by atoms with Crippen molar-refractivity contribution in [3.63, 3.8) is 0 Å². The predicted octanol–water partition coefficient (Wildman–Crippen LogP) is 0.952. The van der Waals surface area contributed by atoms with E-state index in [9.17, 15) is 4.55 Å². The lowest BCUT2D eigenvalue weighted by molar-refractivity contribution is 0.204. The third-order valence-electron chi connectivity index (χ3n) is 1.66. The van der Waals surface area contributed by atoms with Crippen molar-refractivity contribution in [2.45, 2.75) is 25.5 Å². The van der Waals surface area contributed by atoms with Crippen LogP contribution in [0, 0.1) is 0 Å². The summed E-state index contributed by atoms with van der Waals surface area (Å²) in [5.41, 5.74) is 1.20. The van der Waals surface area contributed by atoms with Gasteiger partial charge in [-0.3, -0.25) is 0 Å². The fraction of sp³-hybridized carbons (Fsp3) is 0.750. The van der Waals surface area contributed by atoms with Crippen molar-refractivity contribution in [3.8, 4) is 0 Å². The van der Waals surface area contributed by atoms with Gasteiger partial charge in [-0.2, -0.15) is 0 Å². The average Bonchev–Trinajstić information content (AvgIpc) is 2.51. The van der Waals surface area contributed by atoms with Crippen molar-refractivity contribution in [1.82, 2.24) is 4.72 Å². The molecule has 4 heteroatoms. The molecule has 1 rings (SSSR count). The van der Waals surface area contributed by atoms with Crippen LogP contribution in [0.5, 0.6) is 0 Å². The zero-order valence-electron chi connectivity index (χ0n) is 7.50. The maximum absolute atomic E-state index is 11.2. The van der Waals surface area contributed by atoms with Crippen LogP contribution in [0.25, 0.3) is 0 Å². The highest BCUT2D eigenvalue weighted by Crippen LogP contribution is 2.09. The first-order valence-electron chi connectivity index (χ1n) is 4.12. The first-order chi connectivity index (χ1) is 5.70. The monoisotopic (exact) mass is 189 g/mol. The van der Waals surface area contributed by atoms with Gasteiger partial charge in [-0.15, -0.1) is 0 Å². The fourth-order valence-corrected chi connectivity index (χ4v) is 1.43. The Morgan fingerprint density at radius 1 is 1.67 bits per heavy atom. The standard InChI is InChI=1S/C8H15NO2S/c1-7(2)12(10)9-5-8-3-4-11-6-8/h5,7,9H,3-4,6H2,1-2H3/b8-5-. The van der Waals surface area contributed by atoms with Gasteiger partial charge in [0.25, 0.3) is 0 Å². The molecule has 1 N–H and O–H groups in total. The van der Waals surface area contributed by atoms with Gasteiger partial charge in [0.1, 0.15) is 5.25 Å². The summed E-state index contributed by atoms with van der Waals surface area (Å²) in [5, 5.41) is 0.157. The van der Waals surface area contributed by atoms with Crippen LogP contribution in [0.1, 0.15) is 20.3 Å². The Kier molecular flexibility index (Phi) is 3.91. The molecule has 1 atom stereocenters. The number of ether oxygens (including phenoxy) is 1. The SMILES string of the molecule is CC(C)[S+]([O-])N/C=C1/CCOC1. The van der Waals surface area contributed by atoms with E-state index in [1.807, 2.05) is 20.0 Å². The lowest BCUT2D eigenvalue weighted by Gasteiger charge is -2.12. The van der Waals surface area contributed by atoms with Crippen molar-refractivity contribution in [3.05, 3.63) is 11.8 Å². The molecular weight excluding hydrogens is 174 g/mol. The molecule has 0 aromatic rings. The first-order valence-corrected chi connectivity index (χ1v) is 5.34. The highest BCUT2D eigenvalue weighted by Gasteiger charge is 2.11. The Morgan fingerprint density at radius 3 is 2.92 bits per heavy atom. The van der Waals surface area contributed by atoms with Gasteiger partial charge >= 0.3 is 0 Å². The van der Waals surface area contributed by atoms with E-state index in [2.05, 4.69) is 4.72 Å². The second kappa shape index (κ2) is 4.74. The van der Waals surface area contributed by atoms with Gasteiger partial charge in [-0.05, 0) is 25.8 Å². The number of hydrogen-bond acceptors (Lipinski definition) is 3. The van der Waals surface area contributed by atoms with E-state index >= 15 is 0 Å². The molecule has 12 heavy (non-hydrogen) atoms. The molecule has 3 nitrogen and oxygen atoms in total. The minimum absolute atomic E-state index is 0.157. The van der Waals surface area contributed by atoms with Gasteiger partial charge < -0.3 is 9.29 Å². The fourth-order valence-electron chi connectivity index (χ4n) is 0.870. The third kappa shape index (κ3) is 3.05. The molecular formula is C8H15NO2S. The summed E-state index contributed by atoms with van der Waals surface area (Å²) in [6.45, 7) is 5.32. The van der Waals surface area contributed by atoms with E-state index < -0.39 is 11.4 Å². The van der Waals surface area contributed by atoms with E-state index in [1.165, 1.54) is 5.57 Å². The molecule has 0 aromatic heterocycles. The van der Waals surface area contributed by atoms with Crippen molar-refractivity contribution in [2.75, 3.05) is 13.2 Å². The van der Waals surface area contributed by atoms with Gasteiger partial charge in [0.05, 0.1) is 24.6 Å². The summed E-state index contributed by atoms with van der Waals surface area (Å²) in [7, 11) is 0. The summed E-state index contributed by atoms with van der Waals surface area (Å²) in [5.74, 6) is 0. The van der Waals surface area contributed by atoms with Crippen LogP contribution in [0.2, 0.25) is 0 Å². The lowest BCUT2D eigenvalue weighted by atomic mass is 10.3.